The molecule has 3 aromatic rings. The predicted molar refractivity (Wildman–Crippen MR) is 172 cm³/mol. The first-order valence-electron chi connectivity index (χ1n) is 16.1. The molecule has 1 aromatic carbocycles. The molecule has 0 aliphatic carbocycles. The molecule has 244 valence electrons. The molecule has 2 aliphatic rings. The Balaban J connectivity index is 0.00000133. The van der Waals surface area contributed by atoms with E-state index in [-0.39, 0.29) is 17.6 Å². The molecule has 45 heavy (non-hydrogen) atoms. The van der Waals surface area contributed by atoms with Crippen molar-refractivity contribution in [2.24, 2.45) is 15.7 Å². The van der Waals surface area contributed by atoms with Gasteiger partial charge in [-0.1, -0.05) is 62.3 Å². The maximum atomic E-state index is 15.0. The highest BCUT2D eigenvalue weighted by molar-refractivity contribution is 6.06. The van der Waals surface area contributed by atoms with E-state index in [1.54, 1.807) is 18.2 Å². The molecule has 0 amide bonds. The summed E-state index contributed by atoms with van der Waals surface area (Å²) in [5.41, 5.74) is 8.62. The van der Waals surface area contributed by atoms with Crippen LogP contribution in [0.4, 0.5) is 17.6 Å². The number of halogens is 4. The van der Waals surface area contributed by atoms with E-state index in [1.165, 1.54) is 6.07 Å². The molecule has 2 aromatic heterocycles. The largest absolute Gasteiger partial charge is 0.449 e. The van der Waals surface area contributed by atoms with Crippen LogP contribution < -0.4 is 14.9 Å². The van der Waals surface area contributed by atoms with Gasteiger partial charge < -0.3 is 5.73 Å². The van der Waals surface area contributed by atoms with Crippen molar-refractivity contribution in [3.8, 4) is 11.3 Å². The molecule has 2 unspecified atom stereocenters. The van der Waals surface area contributed by atoms with Gasteiger partial charge in [-0.2, -0.15) is 27.3 Å². The Morgan fingerprint density at radius 3 is 2.27 bits per heavy atom. The monoisotopic (exact) mass is 628 g/mol. The number of amidine groups is 2. The van der Waals surface area contributed by atoms with Crippen molar-refractivity contribution in [3.05, 3.63) is 77.3 Å². The van der Waals surface area contributed by atoms with Crippen LogP contribution in [0.1, 0.15) is 117 Å². The predicted octanol–water partition coefficient (Wildman–Crippen LogP) is 7.87. The van der Waals surface area contributed by atoms with Crippen LogP contribution in [-0.2, 0) is 17.4 Å². The topological polar surface area (TPSA) is 71.4 Å². The van der Waals surface area contributed by atoms with Crippen molar-refractivity contribution < 1.29 is 26.7 Å². The van der Waals surface area contributed by atoms with E-state index >= 15 is 0 Å². The lowest BCUT2D eigenvalue weighted by atomic mass is 9.58. The molecule has 0 saturated heterocycles. The standard InChI is InChI=1S/C31H36F4N6.2C2H6/c1-7-22-25-20-14-13-19(32)16-21(20)29(6,8-2)30(9-3,41(25)17-23(37-22)18(4)5)28-39-26(38-27(36)31(33,34)35)24-12-10-11-15-40(24)28;2*1-2/h10-18,28H,7-9H2,1-6H3,(H2,36,38,39);2*1-2H3/q+2;;/t28?,29?,30-;;/m0../s1. The van der Waals surface area contributed by atoms with Gasteiger partial charge in [0.15, 0.2) is 12.4 Å². The molecule has 4 heterocycles. The summed E-state index contributed by atoms with van der Waals surface area (Å²) >= 11 is 0. The number of rotatable bonds is 5. The Morgan fingerprint density at radius 1 is 1.04 bits per heavy atom. The third-order valence-corrected chi connectivity index (χ3v) is 9.00. The molecule has 0 bridgehead atoms. The third kappa shape index (κ3) is 5.76. The minimum absolute atomic E-state index is 0.0854. The zero-order chi connectivity index (χ0) is 33.9. The van der Waals surface area contributed by atoms with Gasteiger partial charge in [0.25, 0.3) is 11.2 Å². The number of nitrogens with two attached hydrogens (primary N) is 1. The van der Waals surface area contributed by atoms with Crippen LogP contribution >= 0.6 is 0 Å². The van der Waals surface area contributed by atoms with Crippen LogP contribution in [0.25, 0.3) is 11.3 Å². The fourth-order valence-corrected chi connectivity index (χ4v) is 6.73. The van der Waals surface area contributed by atoms with E-state index in [4.69, 9.17) is 15.7 Å². The molecule has 3 atom stereocenters. The van der Waals surface area contributed by atoms with Crippen molar-refractivity contribution in [3.63, 3.8) is 0 Å². The van der Waals surface area contributed by atoms with Crippen molar-refractivity contribution in [2.75, 3.05) is 0 Å². The zero-order valence-corrected chi connectivity index (χ0v) is 28.2. The van der Waals surface area contributed by atoms with Crippen LogP contribution in [-0.4, -0.2) is 22.8 Å². The van der Waals surface area contributed by atoms with Gasteiger partial charge in [-0.25, -0.2) is 14.4 Å². The van der Waals surface area contributed by atoms with Gasteiger partial charge in [0.2, 0.25) is 17.4 Å². The van der Waals surface area contributed by atoms with E-state index in [1.807, 2.05) is 57.5 Å². The first kappa shape index (κ1) is 35.8. The lowest BCUT2D eigenvalue weighted by Gasteiger charge is -2.47. The van der Waals surface area contributed by atoms with Crippen LogP contribution in [0, 0.1) is 5.82 Å². The number of alkyl halides is 3. The number of benzene rings is 1. The average Bonchev–Trinajstić information content (AvgIpc) is 3.40. The summed E-state index contributed by atoms with van der Waals surface area (Å²) < 4.78 is 59.6. The Morgan fingerprint density at radius 2 is 1.71 bits per heavy atom. The summed E-state index contributed by atoms with van der Waals surface area (Å²) in [6.07, 6.45) is 0.171. The molecule has 0 spiro atoms. The van der Waals surface area contributed by atoms with Gasteiger partial charge in [0.1, 0.15) is 17.2 Å². The number of aromatic nitrogens is 3. The first-order chi connectivity index (χ1) is 21.3. The summed E-state index contributed by atoms with van der Waals surface area (Å²) in [4.78, 5) is 13.7. The minimum atomic E-state index is -4.79. The lowest BCUT2D eigenvalue weighted by Crippen LogP contribution is -2.75. The molecule has 0 fully saturated rings. The van der Waals surface area contributed by atoms with Gasteiger partial charge in [-0.15, -0.1) is 0 Å². The molecule has 6 nitrogen and oxygen atoms in total. The number of aliphatic imine (C=N–C) groups is 2. The number of fused-ring (bicyclic) bond motifs is 4. The first-order valence-corrected chi connectivity index (χ1v) is 16.1. The van der Waals surface area contributed by atoms with E-state index in [0.717, 1.165) is 28.2 Å². The molecule has 2 aliphatic heterocycles. The number of pyridine rings is 1. The SMILES string of the molecule is CC.CC.CCc1nc(C(C)C)c[n+]2c1-c1ccc(F)cc1C(C)(CC)[C@]2(CC)C1N=C(N=C(N)C(F)(F)F)c2cccc[n+]21. The summed E-state index contributed by atoms with van der Waals surface area (Å²) in [6, 6.07) is 10.1. The summed E-state index contributed by atoms with van der Waals surface area (Å²) in [5.74, 6) is -1.77. The second-order valence-electron chi connectivity index (χ2n) is 11.3. The molecule has 0 radical (unpaired) electrons. The molecular formula is C35H48F4N6+2. The van der Waals surface area contributed by atoms with Crippen molar-refractivity contribution in [2.45, 2.75) is 118 Å². The van der Waals surface area contributed by atoms with Gasteiger partial charge in [-0.3, -0.25) is 0 Å². The molecule has 10 heteroatoms. The van der Waals surface area contributed by atoms with Crippen LogP contribution in [0.3, 0.4) is 0 Å². The minimum Gasteiger partial charge on any atom is -0.380 e. The highest BCUT2D eigenvalue weighted by Gasteiger charge is 2.70. The molecular weight excluding hydrogens is 580 g/mol. The van der Waals surface area contributed by atoms with Crippen LogP contribution in [0.15, 0.2) is 58.8 Å². The van der Waals surface area contributed by atoms with Gasteiger partial charge in [-0.05, 0) is 49.6 Å². The molecule has 2 N–H and O–H groups in total. The normalized spacial score (nSPS) is 21.9. The van der Waals surface area contributed by atoms with Crippen molar-refractivity contribution in [1.29, 1.82) is 0 Å². The quantitative estimate of drug-likeness (QED) is 0.135. The number of hydrogen-bond donors (Lipinski definition) is 1. The summed E-state index contributed by atoms with van der Waals surface area (Å²) in [5, 5.41) is 0. The highest BCUT2D eigenvalue weighted by Crippen LogP contribution is 2.55. The van der Waals surface area contributed by atoms with E-state index < -0.39 is 29.1 Å². The lowest BCUT2D eigenvalue weighted by molar-refractivity contribution is -0.851. The number of aryl methyl sites for hydroxylation is 1. The van der Waals surface area contributed by atoms with Gasteiger partial charge >= 0.3 is 12.3 Å². The van der Waals surface area contributed by atoms with Crippen molar-refractivity contribution in [1.82, 2.24) is 4.98 Å². The Hall–Kier alpha value is -3.69. The summed E-state index contributed by atoms with van der Waals surface area (Å²) in [7, 11) is 0. The zero-order valence-electron chi connectivity index (χ0n) is 28.2. The van der Waals surface area contributed by atoms with E-state index in [2.05, 4.69) is 50.4 Å². The second-order valence-corrected chi connectivity index (χ2v) is 11.3. The second kappa shape index (κ2) is 13.7. The highest BCUT2D eigenvalue weighted by atomic mass is 19.4. The van der Waals surface area contributed by atoms with Gasteiger partial charge in [0.05, 0.1) is 11.0 Å². The summed E-state index contributed by atoms with van der Waals surface area (Å²) in [6.45, 7) is 20.4. The maximum Gasteiger partial charge on any atom is 0.449 e. The fourth-order valence-electron chi connectivity index (χ4n) is 6.73. The van der Waals surface area contributed by atoms with Crippen LogP contribution in [0.5, 0.6) is 0 Å². The molecule has 0 saturated carbocycles. The van der Waals surface area contributed by atoms with E-state index in [0.29, 0.717) is 25.0 Å². The van der Waals surface area contributed by atoms with Crippen LogP contribution in [0.2, 0.25) is 0 Å². The Bertz CT molecular complexity index is 1580. The van der Waals surface area contributed by atoms with Gasteiger partial charge in [0, 0.05) is 24.5 Å². The maximum absolute atomic E-state index is 15.0. The van der Waals surface area contributed by atoms with E-state index in [9.17, 15) is 17.6 Å². The third-order valence-electron chi connectivity index (χ3n) is 9.00. The number of nitrogens with zero attached hydrogens (tertiary/aromatic N) is 5. The molecule has 5 rings (SSSR count). The smallest absolute Gasteiger partial charge is 0.380 e. The Labute approximate surface area is 265 Å². The average molecular weight is 629 g/mol. The Kier molecular flexibility index (Phi) is 10.9. The van der Waals surface area contributed by atoms with Crippen molar-refractivity contribution >= 4 is 11.7 Å². The number of hydrogen-bond acceptors (Lipinski definition) is 3. The fraction of sp³-hybridized carbons (Fsp3) is 0.514.